The topological polar surface area (TPSA) is 55.6 Å². The first-order valence-electron chi connectivity index (χ1n) is 7.78. The van der Waals surface area contributed by atoms with Gasteiger partial charge in [0.15, 0.2) is 11.6 Å². The molecule has 0 fully saturated rings. The number of hydrogen-bond donors (Lipinski definition) is 1. The van der Waals surface area contributed by atoms with Crippen LogP contribution < -0.4 is 10.1 Å². The summed E-state index contributed by atoms with van der Waals surface area (Å²) in [5, 5.41) is 4.83. The number of para-hydroxylation sites is 1. The minimum Gasteiger partial charge on any atom is -0.484 e. The number of ether oxygens (including phenoxy) is 1. The zero-order valence-corrected chi connectivity index (χ0v) is 14.1. The van der Waals surface area contributed by atoms with Crippen LogP contribution in [0.3, 0.4) is 0 Å². The number of rotatable bonds is 5. The van der Waals surface area contributed by atoms with Crippen molar-refractivity contribution in [3.05, 3.63) is 72.4 Å². The molecule has 0 bridgehead atoms. The van der Waals surface area contributed by atoms with E-state index in [1.807, 2.05) is 76.8 Å². The molecule has 4 rings (SSSR count). The van der Waals surface area contributed by atoms with Crippen LogP contribution in [0.15, 0.2) is 72.4 Å². The normalized spacial score (nSPS) is 10.7. The van der Waals surface area contributed by atoms with Gasteiger partial charge in [-0.25, -0.2) is 4.98 Å². The van der Waals surface area contributed by atoms with Crippen molar-refractivity contribution in [3.63, 3.8) is 0 Å². The van der Waals surface area contributed by atoms with E-state index in [9.17, 15) is 4.79 Å². The quantitative estimate of drug-likeness (QED) is 0.591. The minimum absolute atomic E-state index is 0.0247. The fourth-order valence-corrected chi connectivity index (χ4v) is 3.15. The molecule has 0 aliphatic carbocycles. The molecule has 0 radical (unpaired) electrons. The first-order valence-corrected chi connectivity index (χ1v) is 8.66. The number of hydrogen-bond acceptors (Lipinski definition) is 4. The minimum atomic E-state index is -0.195. The molecule has 2 aromatic carbocycles. The molecule has 2 aromatic heterocycles. The number of anilines is 1. The van der Waals surface area contributed by atoms with Gasteiger partial charge in [-0.15, -0.1) is 11.3 Å². The summed E-state index contributed by atoms with van der Waals surface area (Å²) in [4.78, 5) is 17.5. The number of thiazole rings is 1. The molecule has 0 saturated heterocycles. The van der Waals surface area contributed by atoms with Gasteiger partial charge >= 0.3 is 0 Å². The molecule has 1 N–H and O–H groups in total. The Labute approximate surface area is 148 Å². The van der Waals surface area contributed by atoms with Crippen LogP contribution in [0.4, 0.5) is 5.69 Å². The molecule has 0 aliphatic heterocycles. The Hall–Kier alpha value is -3.12. The highest BCUT2D eigenvalue weighted by Crippen LogP contribution is 2.23. The number of benzene rings is 2. The number of carbonyl (C=O) groups is 1. The maximum Gasteiger partial charge on any atom is 0.262 e. The number of aromatic nitrogens is 2. The van der Waals surface area contributed by atoms with Crippen LogP contribution in [-0.2, 0) is 4.79 Å². The van der Waals surface area contributed by atoms with Crippen molar-refractivity contribution in [2.24, 2.45) is 0 Å². The van der Waals surface area contributed by atoms with E-state index in [-0.39, 0.29) is 12.5 Å². The first kappa shape index (κ1) is 15.4. The van der Waals surface area contributed by atoms with Gasteiger partial charge in [-0.1, -0.05) is 30.3 Å². The average Bonchev–Trinajstić information content (AvgIpc) is 3.24. The summed E-state index contributed by atoms with van der Waals surface area (Å²) in [6, 6.07) is 16.9. The van der Waals surface area contributed by atoms with E-state index in [1.54, 1.807) is 11.3 Å². The van der Waals surface area contributed by atoms with Gasteiger partial charge in [0.05, 0.1) is 5.69 Å². The lowest BCUT2D eigenvalue weighted by Gasteiger charge is -2.07. The van der Waals surface area contributed by atoms with Crippen LogP contribution in [-0.4, -0.2) is 21.9 Å². The third-order valence-corrected chi connectivity index (χ3v) is 4.44. The van der Waals surface area contributed by atoms with Crippen LogP contribution in [0.25, 0.3) is 16.2 Å². The Morgan fingerprint density at radius 2 is 1.92 bits per heavy atom. The summed E-state index contributed by atoms with van der Waals surface area (Å²) >= 11 is 1.60. The van der Waals surface area contributed by atoms with Gasteiger partial charge in [0.2, 0.25) is 0 Å². The van der Waals surface area contributed by atoms with Gasteiger partial charge in [-0.05, 0) is 24.3 Å². The van der Waals surface area contributed by atoms with Gasteiger partial charge in [-0.2, -0.15) is 0 Å². The zero-order chi connectivity index (χ0) is 17.1. The molecule has 1 amide bonds. The van der Waals surface area contributed by atoms with E-state index in [0.717, 1.165) is 21.9 Å². The Morgan fingerprint density at radius 3 is 2.68 bits per heavy atom. The van der Waals surface area contributed by atoms with E-state index in [1.165, 1.54) is 0 Å². The molecule has 0 atom stereocenters. The molecule has 0 spiro atoms. The predicted octanol–water partition coefficient (Wildman–Crippen LogP) is 4.08. The fourth-order valence-electron chi connectivity index (χ4n) is 2.45. The van der Waals surface area contributed by atoms with Gasteiger partial charge in [0, 0.05) is 29.0 Å². The highest BCUT2D eigenvalue weighted by molar-refractivity contribution is 7.15. The van der Waals surface area contributed by atoms with E-state index in [0.29, 0.717) is 5.75 Å². The van der Waals surface area contributed by atoms with Crippen LogP contribution >= 0.6 is 11.3 Å². The number of amides is 1. The van der Waals surface area contributed by atoms with Crippen molar-refractivity contribution < 1.29 is 9.53 Å². The molecule has 4 aromatic rings. The van der Waals surface area contributed by atoms with Gasteiger partial charge in [-0.3, -0.25) is 9.20 Å². The van der Waals surface area contributed by atoms with Crippen molar-refractivity contribution >= 4 is 27.9 Å². The SMILES string of the molecule is O=C(COc1ccccc1)Nc1ccc(-c2cn3ccsc3n2)cc1. The van der Waals surface area contributed by atoms with Crippen molar-refractivity contribution in [3.8, 4) is 17.0 Å². The third kappa shape index (κ3) is 3.54. The van der Waals surface area contributed by atoms with Crippen molar-refractivity contribution in [2.45, 2.75) is 0 Å². The number of fused-ring (bicyclic) bond motifs is 1. The second-order valence-electron chi connectivity index (χ2n) is 5.45. The summed E-state index contributed by atoms with van der Waals surface area (Å²) in [5.74, 6) is 0.479. The van der Waals surface area contributed by atoms with Crippen LogP contribution in [0.5, 0.6) is 5.75 Å². The van der Waals surface area contributed by atoms with E-state index >= 15 is 0 Å². The van der Waals surface area contributed by atoms with E-state index < -0.39 is 0 Å². The second-order valence-corrected chi connectivity index (χ2v) is 6.32. The molecule has 0 saturated carbocycles. The predicted molar refractivity (Wildman–Crippen MR) is 99.1 cm³/mol. The summed E-state index contributed by atoms with van der Waals surface area (Å²) in [6.45, 7) is -0.0247. The van der Waals surface area contributed by atoms with Gasteiger partial charge in [0.1, 0.15) is 5.75 Å². The number of carbonyl (C=O) groups excluding carboxylic acids is 1. The molecular formula is C19H15N3O2S. The summed E-state index contributed by atoms with van der Waals surface area (Å²) in [5.41, 5.74) is 2.65. The maximum atomic E-state index is 12.0. The lowest BCUT2D eigenvalue weighted by Crippen LogP contribution is -2.20. The fraction of sp³-hybridized carbons (Fsp3) is 0.0526. The highest BCUT2D eigenvalue weighted by atomic mass is 32.1. The summed E-state index contributed by atoms with van der Waals surface area (Å²) in [7, 11) is 0. The van der Waals surface area contributed by atoms with E-state index in [4.69, 9.17) is 4.74 Å². The van der Waals surface area contributed by atoms with E-state index in [2.05, 4.69) is 10.3 Å². The molecule has 5 nitrogen and oxygen atoms in total. The Bertz CT molecular complexity index is 962. The van der Waals surface area contributed by atoms with Crippen LogP contribution in [0.1, 0.15) is 0 Å². The lowest BCUT2D eigenvalue weighted by molar-refractivity contribution is -0.118. The third-order valence-electron chi connectivity index (χ3n) is 3.67. The second kappa shape index (κ2) is 6.78. The van der Waals surface area contributed by atoms with Crippen molar-refractivity contribution in [1.29, 1.82) is 0 Å². The maximum absolute atomic E-state index is 12.0. The highest BCUT2D eigenvalue weighted by Gasteiger charge is 2.07. The zero-order valence-electron chi connectivity index (χ0n) is 13.3. The smallest absolute Gasteiger partial charge is 0.262 e. The summed E-state index contributed by atoms with van der Waals surface area (Å²) < 4.78 is 7.43. The Balaban J connectivity index is 1.38. The Kier molecular flexibility index (Phi) is 4.18. The summed E-state index contributed by atoms with van der Waals surface area (Å²) in [6.07, 6.45) is 3.98. The molecule has 0 unspecified atom stereocenters. The number of nitrogens with one attached hydrogen (secondary N) is 1. The number of imidazole rings is 1. The average molecular weight is 349 g/mol. The van der Waals surface area contributed by atoms with Gasteiger partial charge in [0.25, 0.3) is 5.91 Å². The molecule has 6 heteroatoms. The number of nitrogens with zero attached hydrogens (tertiary/aromatic N) is 2. The standard InChI is InChI=1S/C19H15N3O2S/c23-18(13-24-16-4-2-1-3-5-16)20-15-8-6-14(7-9-15)17-12-22-10-11-25-19(22)21-17/h1-12H,13H2,(H,20,23). The van der Waals surface area contributed by atoms with Crippen molar-refractivity contribution in [1.82, 2.24) is 9.38 Å². The monoisotopic (exact) mass is 349 g/mol. The lowest BCUT2D eigenvalue weighted by atomic mass is 10.1. The Morgan fingerprint density at radius 1 is 1.12 bits per heavy atom. The van der Waals surface area contributed by atoms with Crippen molar-refractivity contribution in [2.75, 3.05) is 11.9 Å². The van der Waals surface area contributed by atoms with Gasteiger partial charge < -0.3 is 10.1 Å². The first-order chi connectivity index (χ1) is 12.3. The van der Waals surface area contributed by atoms with Crippen LogP contribution in [0.2, 0.25) is 0 Å². The molecule has 25 heavy (non-hydrogen) atoms. The molecule has 2 heterocycles. The van der Waals surface area contributed by atoms with Crippen LogP contribution in [0, 0.1) is 0 Å². The molecular weight excluding hydrogens is 334 g/mol. The molecule has 0 aliphatic rings. The molecule has 124 valence electrons. The largest absolute Gasteiger partial charge is 0.484 e.